The fraction of sp³-hybridized carbons (Fsp3) is 0.423. The van der Waals surface area contributed by atoms with Crippen molar-refractivity contribution in [2.75, 3.05) is 47.5 Å². The molecule has 1 aromatic heterocycles. The van der Waals surface area contributed by atoms with Crippen LogP contribution < -0.4 is 19.8 Å². The molecule has 0 aliphatic carbocycles. The molecule has 0 bridgehead atoms. The van der Waals surface area contributed by atoms with E-state index in [2.05, 4.69) is 9.88 Å². The lowest BCUT2D eigenvalue weighted by Crippen LogP contribution is -2.48. The lowest BCUT2D eigenvalue weighted by Gasteiger charge is -2.35. The van der Waals surface area contributed by atoms with Gasteiger partial charge in [-0.2, -0.15) is 0 Å². The van der Waals surface area contributed by atoms with Gasteiger partial charge in [0.05, 0.1) is 32.4 Å². The summed E-state index contributed by atoms with van der Waals surface area (Å²) in [5.41, 5.74) is 2.81. The molecule has 4 rings (SSSR count). The molecule has 0 radical (unpaired) electrons. The van der Waals surface area contributed by atoms with Crippen LogP contribution in [0.2, 0.25) is 0 Å². The molecule has 35 heavy (non-hydrogen) atoms. The fourth-order valence-electron chi connectivity index (χ4n) is 4.59. The maximum absolute atomic E-state index is 12.9. The van der Waals surface area contributed by atoms with Crippen LogP contribution in [0.25, 0.3) is 11.0 Å². The topological polar surface area (TPSA) is 86.1 Å². The first-order chi connectivity index (χ1) is 17.0. The molecule has 1 fully saturated rings. The van der Waals surface area contributed by atoms with Gasteiger partial charge in [-0.05, 0) is 25.1 Å². The summed E-state index contributed by atoms with van der Waals surface area (Å²) in [6.07, 6.45) is 0.275. The van der Waals surface area contributed by atoms with Crippen molar-refractivity contribution >= 4 is 16.9 Å². The summed E-state index contributed by atoms with van der Waals surface area (Å²) in [5, 5.41) is 0. The van der Waals surface area contributed by atoms with Crippen molar-refractivity contribution in [1.82, 2.24) is 19.4 Å². The Labute approximate surface area is 204 Å². The van der Waals surface area contributed by atoms with E-state index in [1.54, 1.807) is 32.8 Å². The minimum atomic E-state index is -0.148. The molecule has 0 saturated carbocycles. The van der Waals surface area contributed by atoms with Crippen LogP contribution in [0.5, 0.6) is 17.2 Å². The summed E-state index contributed by atoms with van der Waals surface area (Å²) in [6, 6.07) is 11.4. The van der Waals surface area contributed by atoms with Crippen LogP contribution in [0, 0.1) is 6.92 Å². The number of methoxy groups -OCH3 is 3. The molecule has 0 unspecified atom stereocenters. The Morgan fingerprint density at radius 1 is 0.943 bits per heavy atom. The lowest BCUT2D eigenvalue weighted by molar-refractivity contribution is -0.133. The van der Waals surface area contributed by atoms with E-state index in [4.69, 9.17) is 14.2 Å². The molecule has 2 aromatic carbocycles. The van der Waals surface area contributed by atoms with E-state index in [0.29, 0.717) is 49.1 Å². The average molecular weight is 481 g/mol. The highest BCUT2D eigenvalue weighted by atomic mass is 16.5. The normalized spacial score (nSPS) is 14.2. The van der Waals surface area contributed by atoms with E-state index >= 15 is 0 Å². The number of para-hydroxylation sites is 2. The van der Waals surface area contributed by atoms with Gasteiger partial charge >= 0.3 is 0 Å². The predicted octanol–water partition coefficient (Wildman–Crippen LogP) is 2.47. The van der Waals surface area contributed by atoms with Gasteiger partial charge in [0.1, 0.15) is 5.69 Å². The first-order valence-corrected chi connectivity index (χ1v) is 11.7. The second kappa shape index (κ2) is 10.8. The number of hydrogen-bond donors (Lipinski definition) is 0. The van der Waals surface area contributed by atoms with Crippen molar-refractivity contribution in [3.8, 4) is 17.2 Å². The van der Waals surface area contributed by atoms with Crippen molar-refractivity contribution in [3.63, 3.8) is 0 Å². The number of nitrogens with zero attached hydrogens (tertiary/aromatic N) is 4. The molecule has 1 aliphatic rings. The van der Waals surface area contributed by atoms with E-state index < -0.39 is 0 Å². The summed E-state index contributed by atoms with van der Waals surface area (Å²) in [4.78, 5) is 34.2. The van der Waals surface area contributed by atoms with Gasteiger partial charge in [0, 0.05) is 51.3 Å². The van der Waals surface area contributed by atoms with Crippen LogP contribution >= 0.6 is 0 Å². The molecule has 0 N–H and O–H groups in total. The Morgan fingerprint density at radius 2 is 1.66 bits per heavy atom. The third-order valence-electron chi connectivity index (χ3n) is 6.47. The van der Waals surface area contributed by atoms with Crippen molar-refractivity contribution in [2.24, 2.45) is 0 Å². The minimum absolute atomic E-state index is 0.0544. The molecule has 9 nitrogen and oxygen atoms in total. The molecule has 1 saturated heterocycles. The number of carbonyl (C=O) groups is 1. The molecule has 9 heteroatoms. The number of amides is 1. The SMILES string of the molecule is COc1ccc(CN2CCN(C(=O)CCn3c(=O)c(C)nc4ccccc43)CC2)c(OC)c1OC. The number of fused-ring (bicyclic) bond motifs is 1. The Balaban J connectivity index is 1.37. The first-order valence-electron chi connectivity index (χ1n) is 11.7. The molecule has 1 amide bonds. The van der Waals surface area contributed by atoms with Gasteiger partial charge in [0.25, 0.3) is 5.56 Å². The summed E-state index contributed by atoms with van der Waals surface area (Å²) >= 11 is 0. The zero-order valence-electron chi connectivity index (χ0n) is 20.7. The summed E-state index contributed by atoms with van der Waals surface area (Å²) in [5.74, 6) is 1.92. The van der Waals surface area contributed by atoms with Crippen LogP contribution in [-0.2, 0) is 17.9 Å². The number of aryl methyl sites for hydroxylation is 2. The Morgan fingerprint density at radius 3 is 2.34 bits per heavy atom. The lowest BCUT2D eigenvalue weighted by atomic mass is 10.1. The van der Waals surface area contributed by atoms with Crippen molar-refractivity contribution < 1.29 is 19.0 Å². The minimum Gasteiger partial charge on any atom is -0.493 e. The molecule has 1 aliphatic heterocycles. The number of aromatic nitrogens is 2. The van der Waals surface area contributed by atoms with Crippen molar-refractivity contribution in [3.05, 3.63) is 58.0 Å². The zero-order valence-corrected chi connectivity index (χ0v) is 20.7. The highest BCUT2D eigenvalue weighted by molar-refractivity contribution is 5.77. The van der Waals surface area contributed by atoms with E-state index in [9.17, 15) is 9.59 Å². The second-order valence-electron chi connectivity index (χ2n) is 8.54. The van der Waals surface area contributed by atoms with E-state index in [-0.39, 0.29) is 17.9 Å². The molecular formula is C26H32N4O5. The molecule has 3 aromatic rings. The van der Waals surface area contributed by atoms with Gasteiger partial charge in [-0.1, -0.05) is 18.2 Å². The molecular weight excluding hydrogens is 448 g/mol. The maximum Gasteiger partial charge on any atom is 0.272 e. The highest BCUT2D eigenvalue weighted by Crippen LogP contribution is 2.40. The molecule has 0 atom stereocenters. The summed E-state index contributed by atoms with van der Waals surface area (Å²) < 4.78 is 18.1. The summed E-state index contributed by atoms with van der Waals surface area (Å²) in [6.45, 7) is 5.51. The van der Waals surface area contributed by atoms with Crippen LogP contribution in [0.15, 0.2) is 41.2 Å². The molecule has 0 spiro atoms. The molecule has 2 heterocycles. The maximum atomic E-state index is 12.9. The number of carbonyl (C=O) groups excluding carboxylic acids is 1. The van der Waals surface area contributed by atoms with Gasteiger partial charge in [-0.15, -0.1) is 0 Å². The van der Waals surface area contributed by atoms with E-state index in [1.165, 1.54) is 0 Å². The third-order valence-corrected chi connectivity index (χ3v) is 6.47. The number of hydrogen-bond acceptors (Lipinski definition) is 7. The van der Waals surface area contributed by atoms with Gasteiger partial charge in [0.15, 0.2) is 11.5 Å². The monoisotopic (exact) mass is 480 g/mol. The smallest absolute Gasteiger partial charge is 0.272 e. The van der Waals surface area contributed by atoms with Crippen LogP contribution in [0.3, 0.4) is 0 Å². The van der Waals surface area contributed by atoms with Crippen LogP contribution in [0.4, 0.5) is 0 Å². The van der Waals surface area contributed by atoms with E-state index in [1.807, 2.05) is 41.3 Å². The predicted molar refractivity (Wildman–Crippen MR) is 133 cm³/mol. The number of benzene rings is 2. The Hall–Kier alpha value is -3.59. The average Bonchev–Trinajstić information content (AvgIpc) is 2.88. The zero-order chi connectivity index (χ0) is 24.9. The fourth-order valence-corrected chi connectivity index (χ4v) is 4.59. The van der Waals surface area contributed by atoms with Crippen molar-refractivity contribution in [2.45, 2.75) is 26.4 Å². The largest absolute Gasteiger partial charge is 0.493 e. The number of piperazine rings is 1. The van der Waals surface area contributed by atoms with Gasteiger partial charge in [0.2, 0.25) is 11.7 Å². The standard InChI is InChI=1S/C26H32N4O5/c1-18-26(32)30(21-8-6-5-7-20(21)27-18)12-11-23(31)29-15-13-28(14-16-29)17-19-9-10-22(33-2)25(35-4)24(19)34-3/h5-10H,11-17H2,1-4H3. The van der Waals surface area contributed by atoms with Gasteiger partial charge < -0.3 is 23.7 Å². The van der Waals surface area contributed by atoms with Crippen LogP contribution in [0.1, 0.15) is 17.7 Å². The highest BCUT2D eigenvalue weighted by Gasteiger charge is 2.24. The number of ether oxygens (including phenoxy) is 3. The van der Waals surface area contributed by atoms with Gasteiger partial charge in [-0.25, -0.2) is 4.98 Å². The quantitative estimate of drug-likeness (QED) is 0.490. The Bertz CT molecular complexity index is 1260. The summed E-state index contributed by atoms with van der Waals surface area (Å²) in [7, 11) is 4.82. The second-order valence-corrected chi connectivity index (χ2v) is 8.54. The number of rotatable bonds is 8. The Kier molecular flexibility index (Phi) is 7.55. The van der Waals surface area contributed by atoms with Crippen LogP contribution in [-0.4, -0.2) is 72.8 Å². The van der Waals surface area contributed by atoms with Crippen molar-refractivity contribution in [1.29, 1.82) is 0 Å². The first kappa shape index (κ1) is 24.5. The van der Waals surface area contributed by atoms with Gasteiger partial charge in [-0.3, -0.25) is 14.5 Å². The molecule has 186 valence electrons. The van der Waals surface area contributed by atoms with E-state index in [0.717, 1.165) is 29.7 Å². The third kappa shape index (κ3) is 5.09.